The summed E-state index contributed by atoms with van der Waals surface area (Å²) in [5.41, 5.74) is -1.76. The first-order chi connectivity index (χ1) is 17.1. The molecule has 19 heteroatoms. The van der Waals surface area contributed by atoms with Gasteiger partial charge in [-0.3, -0.25) is 29.9 Å². The van der Waals surface area contributed by atoms with Gasteiger partial charge in [-0.1, -0.05) is 0 Å². The van der Waals surface area contributed by atoms with Gasteiger partial charge in [0, 0.05) is 19.2 Å². The van der Waals surface area contributed by atoms with E-state index in [1.54, 1.807) is 20.8 Å². The van der Waals surface area contributed by atoms with E-state index in [2.05, 4.69) is 10.6 Å². The lowest BCUT2D eigenvalue weighted by molar-refractivity contribution is -0.708. The Kier molecular flexibility index (Phi) is 9.69. The SMILES string of the molecule is CCOC(=O)N1CCN(/[N+]([O-])=N/Oc2cc(O/N=[N+](\[O-])N(CC)CC)c([N+](=O)[O-])cc2[N+](=O)[O-])CC1. The van der Waals surface area contributed by atoms with Gasteiger partial charge in [0.05, 0.1) is 52.6 Å². The number of hydrogen-bond acceptors (Lipinski definition) is 12. The predicted molar refractivity (Wildman–Crippen MR) is 116 cm³/mol. The Hall–Kier alpha value is -4.71. The first-order valence-corrected chi connectivity index (χ1v) is 10.7. The van der Waals surface area contributed by atoms with E-state index in [0.717, 1.165) is 5.01 Å². The second-order valence-corrected chi connectivity index (χ2v) is 6.93. The first-order valence-electron chi connectivity index (χ1n) is 10.7. The second-order valence-electron chi connectivity index (χ2n) is 6.93. The Balaban J connectivity index is 2.26. The van der Waals surface area contributed by atoms with Crippen molar-refractivity contribution in [2.75, 3.05) is 45.9 Å². The van der Waals surface area contributed by atoms with Crippen molar-refractivity contribution in [3.05, 3.63) is 42.8 Å². The van der Waals surface area contributed by atoms with Crippen molar-refractivity contribution in [2.45, 2.75) is 20.8 Å². The van der Waals surface area contributed by atoms with E-state index in [1.807, 2.05) is 0 Å². The lowest BCUT2D eigenvalue weighted by Crippen LogP contribution is -2.50. The average Bonchev–Trinajstić information content (AvgIpc) is 2.86. The van der Waals surface area contributed by atoms with Gasteiger partial charge in [-0.25, -0.2) is 4.79 Å². The van der Waals surface area contributed by atoms with Crippen LogP contribution in [0, 0.1) is 30.6 Å². The molecule has 0 N–H and O–H groups in total. The molecule has 0 saturated carbocycles. The zero-order chi connectivity index (χ0) is 26.8. The van der Waals surface area contributed by atoms with Crippen LogP contribution in [-0.2, 0) is 4.74 Å². The molecule has 0 spiro atoms. The van der Waals surface area contributed by atoms with Gasteiger partial charge in [-0.15, -0.1) is 10.0 Å². The van der Waals surface area contributed by atoms with Gasteiger partial charge in [-0.05, 0) is 20.8 Å². The molecular formula is C17H25N9O10. The standard InChI is InChI=1S/C17H25N9O10/c1-4-21(5-2)25(32)18-35-15-12-16(14(24(30)31)11-13(15)23(28)29)36-19-26(33)22-9-7-20(8-10-22)17(27)34-6-3/h11-12H,4-10H2,1-3H3/b25-18-,26-19-. The smallest absolute Gasteiger partial charge is 0.409 e. The van der Waals surface area contributed by atoms with Crippen LogP contribution in [0.25, 0.3) is 0 Å². The molecule has 2 rings (SSSR count). The minimum atomic E-state index is -0.984. The maximum absolute atomic E-state index is 12.3. The van der Waals surface area contributed by atoms with E-state index in [9.17, 15) is 35.4 Å². The van der Waals surface area contributed by atoms with Crippen molar-refractivity contribution >= 4 is 17.5 Å². The number of rotatable bonds is 11. The van der Waals surface area contributed by atoms with Crippen LogP contribution in [0.4, 0.5) is 16.2 Å². The number of hydrazine groups is 2. The molecule has 0 bridgehead atoms. The Morgan fingerprint density at radius 1 is 0.917 bits per heavy atom. The van der Waals surface area contributed by atoms with Gasteiger partial charge in [0.15, 0.2) is 0 Å². The van der Waals surface area contributed by atoms with Gasteiger partial charge < -0.3 is 20.1 Å². The van der Waals surface area contributed by atoms with E-state index in [-0.39, 0.29) is 55.8 Å². The molecule has 19 nitrogen and oxygen atoms in total. The number of nitro benzene ring substituents is 2. The Morgan fingerprint density at radius 3 is 1.92 bits per heavy atom. The summed E-state index contributed by atoms with van der Waals surface area (Å²) in [5.74, 6) is -1.34. The Morgan fingerprint density at radius 2 is 1.44 bits per heavy atom. The van der Waals surface area contributed by atoms with Crippen molar-refractivity contribution < 1.29 is 39.0 Å². The highest BCUT2D eigenvalue weighted by Gasteiger charge is 2.30. The summed E-state index contributed by atoms with van der Waals surface area (Å²) in [5, 5.41) is 55.9. The zero-order valence-corrected chi connectivity index (χ0v) is 19.7. The Labute approximate surface area is 203 Å². The number of carbonyl (C=O) groups excluding carboxylic acids is 1. The molecule has 1 aromatic carbocycles. The van der Waals surface area contributed by atoms with Crippen LogP contribution in [0.3, 0.4) is 0 Å². The van der Waals surface area contributed by atoms with E-state index in [4.69, 9.17) is 14.4 Å². The first kappa shape index (κ1) is 27.5. The van der Waals surface area contributed by atoms with Crippen molar-refractivity contribution in [2.24, 2.45) is 10.6 Å². The molecule has 1 fully saturated rings. The molecule has 0 unspecified atom stereocenters. The number of amides is 1. The van der Waals surface area contributed by atoms with Crippen LogP contribution in [0.5, 0.6) is 11.5 Å². The molecule has 0 aromatic heterocycles. The number of benzene rings is 1. The molecule has 0 aliphatic carbocycles. The van der Waals surface area contributed by atoms with Gasteiger partial charge >= 0.3 is 17.5 Å². The minimum Gasteiger partial charge on any atom is -0.569 e. The Bertz CT molecular complexity index is 1020. The molecular weight excluding hydrogens is 490 g/mol. The number of piperazine rings is 1. The van der Waals surface area contributed by atoms with Crippen LogP contribution in [0.1, 0.15) is 20.8 Å². The highest BCUT2D eigenvalue weighted by atomic mass is 16.7. The molecule has 0 atom stereocenters. The fourth-order valence-corrected chi connectivity index (χ4v) is 2.96. The quantitative estimate of drug-likeness (QED) is 0.179. The highest BCUT2D eigenvalue weighted by molar-refractivity contribution is 5.67. The summed E-state index contributed by atoms with van der Waals surface area (Å²) in [6.07, 6.45) is -0.528. The zero-order valence-electron chi connectivity index (χ0n) is 19.7. The molecule has 1 aliphatic heterocycles. The van der Waals surface area contributed by atoms with Crippen LogP contribution in [-0.4, -0.2) is 86.7 Å². The number of ether oxygens (including phenoxy) is 1. The maximum atomic E-state index is 12.3. The van der Waals surface area contributed by atoms with E-state index in [1.165, 1.54) is 9.91 Å². The summed E-state index contributed by atoms with van der Waals surface area (Å²) >= 11 is 0. The van der Waals surface area contributed by atoms with Crippen LogP contribution < -0.4 is 9.68 Å². The summed E-state index contributed by atoms with van der Waals surface area (Å²) in [7, 11) is 0. The third-order valence-electron chi connectivity index (χ3n) is 4.85. The highest BCUT2D eigenvalue weighted by Crippen LogP contribution is 2.39. The number of carbonyl (C=O) groups is 1. The molecule has 0 radical (unpaired) electrons. The second kappa shape index (κ2) is 12.7. The third kappa shape index (κ3) is 6.90. The van der Waals surface area contributed by atoms with Gasteiger partial charge in [0.1, 0.15) is 6.07 Å². The van der Waals surface area contributed by atoms with Crippen molar-refractivity contribution in [1.29, 1.82) is 0 Å². The van der Waals surface area contributed by atoms with Crippen molar-refractivity contribution in [1.82, 2.24) is 14.9 Å². The normalized spacial score (nSPS) is 14.3. The molecule has 1 saturated heterocycles. The summed E-state index contributed by atoms with van der Waals surface area (Å²) in [4.78, 5) is 43.8. The van der Waals surface area contributed by atoms with E-state index >= 15 is 0 Å². The molecule has 1 aliphatic rings. The monoisotopic (exact) mass is 515 g/mol. The number of nitro groups is 2. The van der Waals surface area contributed by atoms with Crippen molar-refractivity contribution in [3.8, 4) is 11.5 Å². The van der Waals surface area contributed by atoms with E-state index < -0.39 is 38.8 Å². The van der Waals surface area contributed by atoms with Gasteiger partial charge in [0.2, 0.25) is 22.1 Å². The number of hydrogen-bond donors (Lipinski definition) is 0. The molecule has 36 heavy (non-hydrogen) atoms. The predicted octanol–water partition coefficient (Wildman–Crippen LogP) is 1.96. The largest absolute Gasteiger partial charge is 0.569 e. The topological polar surface area (TPSA) is 218 Å². The van der Waals surface area contributed by atoms with E-state index in [0.29, 0.717) is 12.1 Å². The lowest BCUT2D eigenvalue weighted by atomic mass is 10.2. The van der Waals surface area contributed by atoms with Gasteiger partial charge in [0.25, 0.3) is 0 Å². The molecule has 1 amide bonds. The molecule has 1 aromatic rings. The molecule has 1 heterocycles. The fraction of sp³-hybridized carbons (Fsp3) is 0.588. The third-order valence-corrected chi connectivity index (χ3v) is 4.85. The van der Waals surface area contributed by atoms with Crippen LogP contribution in [0.2, 0.25) is 0 Å². The average molecular weight is 515 g/mol. The minimum absolute atomic E-state index is 0.0261. The lowest BCUT2D eigenvalue weighted by Gasteiger charge is -2.30. The maximum Gasteiger partial charge on any atom is 0.409 e. The van der Waals surface area contributed by atoms with Crippen LogP contribution >= 0.6 is 0 Å². The summed E-state index contributed by atoms with van der Waals surface area (Å²) < 4.78 is 4.89. The summed E-state index contributed by atoms with van der Waals surface area (Å²) in [6.45, 7) is 6.15. The number of nitrogens with zero attached hydrogens (tertiary/aromatic N) is 9. The fourth-order valence-electron chi connectivity index (χ4n) is 2.96. The molecule has 198 valence electrons. The van der Waals surface area contributed by atoms with Crippen LogP contribution in [0.15, 0.2) is 22.7 Å². The van der Waals surface area contributed by atoms with Gasteiger partial charge in [-0.2, -0.15) is 0 Å². The van der Waals surface area contributed by atoms with Crippen molar-refractivity contribution in [3.63, 3.8) is 0 Å². The summed E-state index contributed by atoms with van der Waals surface area (Å²) in [6, 6.07) is 1.24.